The third kappa shape index (κ3) is 2.95. The van der Waals surface area contributed by atoms with E-state index in [4.69, 9.17) is 10.5 Å². The first-order valence-electron chi connectivity index (χ1n) is 2.16. The molecule has 0 aromatic rings. The van der Waals surface area contributed by atoms with Gasteiger partial charge in [0.1, 0.15) is 5.84 Å². The Hall–Kier alpha value is -1.20. The fourth-order valence-electron chi connectivity index (χ4n) is 0.229. The van der Waals surface area contributed by atoms with Crippen LogP contribution in [0.15, 0.2) is 11.8 Å². The van der Waals surface area contributed by atoms with Crippen molar-refractivity contribution in [2.75, 3.05) is 0 Å². The van der Waals surface area contributed by atoms with E-state index < -0.39 is 17.8 Å². The quantitative estimate of drug-likeness (QED) is 0.298. The molecule has 10 heavy (non-hydrogen) atoms. The predicted molar refractivity (Wildman–Crippen MR) is 28.7 cm³/mol. The summed E-state index contributed by atoms with van der Waals surface area (Å²) in [5.41, 5.74) is 4.54. The number of hydrogen-bond acceptors (Lipinski definition) is 2. The van der Waals surface area contributed by atoms with Crippen molar-refractivity contribution in [1.29, 1.82) is 5.41 Å². The van der Waals surface area contributed by atoms with Crippen molar-refractivity contribution in [2.45, 2.75) is 6.18 Å². The predicted octanol–water partition coefficient (Wildman–Crippen LogP) is 0.927. The maximum absolute atomic E-state index is 11.3. The van der Waals surface area contributed by atoms with E-state index in [0.717, 1.165) is 0 Å². The SMILES string of the molecule is N=C(N)/C=C(\O)C(F)(F)F. The normalized spacial score (nSPS) is 13.3. The summed E-state index contributed by atoms with van der Waals surface area (Å²) in [6.07, 6.45) is -4.69. The van der Waals surface area contributed by atoms with Gasteiger partial charge in [-0.2, -0.15) is 13.2 Å². The first-order valence-corrected chi connectivity index (χ1v) is 2.16. The Bertz CT molecular complexity index is 172. The molecule has 0 atom stereocenters. The molecule has 0 aromatic heterocycles. The van der Waals surface area contributed by atoms with E-state index in [9.17, 15) is 13.2 Å². The largest absolute Gasteiger partial charge is 0.504 e. The second-order valence-electron chi connectivity index (χ2n) is 1.48. The average Bonchev–Trinajstić information content (AvgIpc) is 1.60. The highest BCUT2D eigenvalue weighted by molar-refractivity contribution is 5.88. The monoisotopic (exact) mass is 154 g/mol. The van der Waals surface area contributed by atoms with Crippen LogP contribution in [-0.4, -0.2) is 17.1 Å². The number of amidine groups is 1. The first-order chi connectivity index (χ1) is 4.34. The summed E-state index contributed by atoms with van der Waals surface area (Å²) in [6.45, 7) is 0. The van der Waals surface area contributed by atoms with E-state index in [1.807, 2.05) is 0 Å². The van der Waals surface area contributed by atoms with E-state index in [1.54, 1.807) is 0 Å². The standard InChI is InChI=1S/C4H5F3N2O/c5-4(6,7)2(10)1-3(8)9/h1,10H,(H3,8,9)/b2-1-. The Kier molecular flexibility index (Phi) is 2.28. The third-order valence-electron chi connectivity index (χ3n) is 0.583. The van der Waals surface area contributed by atoms with Gasteiger partial charge in [0, 0.05) is 6.08 Å². The van der Waals surface area contributed by atoms with Crippen LogP contribution in [0.2, 0.25) is 0 Å². The van der Waals surface area contributed by atoms with Gasteiger partial charge in [-0.25, -0.2) is 0 Å². The molecule has 0 fully saturated rings. The van der Waals surface area contributed by atoms with Crippen LogP contribution in [0.1, 0.15) is 0 Å². The average molecular weight is 154 g/mol. The van der Waals surface area contributed by atoms with Gasteiger partial charge >= 0.3 is 6.18 Å². The number of nitrogens with one attached hydrogen (secondary N) is 1. The summed E-state index contributed by atoms with van der Waals surface area (Å²) in [7, 11) is 0. The summed E-state index contributed by atoms with van der Waals surface area (Å²) in [5, 5.41) is 14.4. The molecule has 6 heteroatoms. The number of hydrogen-bond donors (Lipinski definition) is 3. The highest BCUT2D eigenvalue weighted by atomic mass is 19.4. The molecule has 0 aliphatic heterocycles. The van der Waals surface area contributed by atoms with Gasteiger partial charge in [-0.3, -0.25) is 5.41 Å². The van der Waals surface area contributed by atoms with Crippen LogP contribution in [0.5, 0.6) is 0 Å². The fraction of sp³-hybridized carbons (Fsp3) is 0.250. The number of alkyl halides is 3. The molecule has 58 valence electrons. The van der Waals surface area contributed by atoms with Crippen LogP contribution in [-0.2, 0) is 0 Å². The molecular formula is C4H5F3N2O. The number of aliphatic hydroxyl groups excluding tert-OH is 1. The zero-order chi connectivity index (χ0) is 8.36. The van der Waals surface area contributed by atoms with Gasteiger partial charge in [-0.15, -0.1) is 0 Å². The molecule has 3 nitrogen and oxygen atoms in total. The molecule has 0 heterocycles. The van der Waals surface area contributed by atoms with Gasteiger partial charge < -0.3 is 10.8 Å². The molecule has 0 amide bonds. The smallest absolute Gasteiger partial charge is 0.448 e. The number of nitrogens with two attached hydrogens (primary N) is 1. The van der Waals surface area contributed by atoms with Crippen LogP contribution in [0.4, 0.5) is 13.2 Å². The maximum Gasteiger partial charge on any atom is 0.448 e. The molecule has 0 rings (SSSR count). The Balaban J connectivity index is 4.35. The van der Waals surface area contributed by atoms with Crippen molar-refractivity contribution in [3.8, 4) is 0 Å². The van der Waals surface area contributed by atoms with Gasteiger partial charge in [0.05, 0.1) is 0 Å². The topological polar surface area (TPSA) is 70.1 Å². The highest BCUT2D eigenvalue weighted by Gasteiger charge is 2.33. The molecule has 0 bridgehead atoms. The summed E-state index contributed by atoms with van der Waals surface area (Å²) in [5.74, 6) is -2.70. The van der Waals surface area contributed by atoms with Crippen molar-refractivity contribution in [1.82, 2.24) is 0 Å². The Morgan fingerprint density at radius 1 is 1.50 bits per heavy atom. The molecule has 0 aliphatic carbocycles. The van der Waals surface area contributed by atoms with E-state index in [0.29, 0.717) is 0 Å². The Morgan fingerprint density at radius 3 is 2.00 bits per heavy atom. The van der Waals surface area contributed by atoms with Gasteiger partial charge in [0.15, 0.2) is 0 Å². The molecule has 4 N–H and O–H groups in total. The molecule has 0 aromatic carbocycles. The molecule has 0 aliphatic rings. The van der Waals surface area contributed by atoms with E-state index >= 15 is 0 Å². The minimum Gasteiger partial charge on any atom is -0.504 e. The number of aliphatic hydroxyl groups is 1. The Morgan fingerprint density at radius 2 is 1.90 bits per heavy atom. The lowest BCUT2D eigenvalue weighted by Crippen LogP contribution is -2.15. The number of halogens is 3. The van der Waals surface area contributed by atoms with Crippen molar-refractivity contribution in [3.05, 3.63) is 11.8 Å². The van der Waals surface area contributed by atoms with Crippen LogP contribution in [0.25, 0.3) is 0 Å². The van der Waals surface area contributed by atoms with E-state index in [1.165, 1.54) is 0 Å². The zero-order valence-electron chi connectivity index (χ0n) is 4.74. The molecule has 0 saturated heterocycles. The van der Waals surface area contributed by atoms with Crippen LogP contribution >= 0.6 is 0 Å². The zero-order valence-corrected chi connectivity index (χ0v) is 4.74. The van der Waals surface area contributed by atoms with Crippen molar-refractivity contribution < 1.29 is 18.3 Å². The Labute approximate surface area is 54.5 Å². The summed E-state index contributed by atoms with van der Waals surface area (Å²) in [6, 6.07) is 0. The van der Waals surface area contributed by atoms with Crippen molar-refractivity contribution in [3.63, 3.8) is 0 Å². The second-order valence-corrected chi connectivity index (χ2v) is 1.48. The van der Waals surface area contributed by atoms with Crippen LogP contribution < -0.4 is 5.73 Å². The van der Waals surface area contributed by atoms with Gasteiger partial charge in [-0.05, 0) is 0 Å². The number of allylic oxidation sites excluding steroid dienone is 1. The molecule has 0 radical (unpaired) electrons. The van der Waals surface area contributed by atoms with Gasteiger partial charge in [-0.1, -0.05) is 0 Å². The van der Waals surface area contributed by atoms with Crippen LogP contribution in [0, 0.1) is 5.41 Å². The summed E-state index contributed by atoms with van der Waals surface area (Å²) in [4.78, 5) is 0. The summed E-state index contributed by atoms with van der Waals surface area (Å²) < 4.78 is 34.0. The lowest BCUT2D eigenvalue weighted by Gasteiger charge is -2.02. The van der Waals surface area contributed by atoms with Crippen molar-refractivity contribution in [2.24, 2.45) is 5.73 Å². The first kappa shape index (κ1) is 8.80. The maximum atomic E-state index is 11.3. The third-order valence-corrected chi connectivity index (χ3v) is 0.583. The minimum atomic E-state index is -4.81. The van der Waals surface area contributed by atoms with Crippen molar-refractivity contribution >= 4 is 5.84 Å². The number of rotatable bonds is 1. The second kappa shape index (κ2) is 2.59. The fourth-order valence-corrected chi connectivity index (χ4v) is 0.229. The molecule has 0 unspecified atom stereocenters. The van der Waals surface area contributed by atoms with Gasteiger partial charge in [0.2, 0.25) is 5.76 Å². The van der Waals surface area contributed by atoms with E-state index in [2.05, 4.69) is 5.73 Å². The lowest BCUT2D eigenvalue weighted by molar-refractivity contribution is -0.120. The highest BCUT2D eigenvalue weighted by Crippen LogP contribution is 2.22. The molecule has 0 spiro atoms. The van der Waals surface area contributed by atoms with E-state index in [-0.39, 0.29) is 6.08 Å². The van der Waals surface area contributed by atoms with Crippen LogP contribution in [0.3, 0.4) is 0 Å². The van der Waals surface area contributed by atoms with Gasteiger partial charge in [0.25, 0.3) is 0 Å². The summed E-state index contributed by atoms with van der Waals surface area (Å²) >= 11 is 0. The lowest BCUT2D eigenvalue weighted by atomic mass is 10.4. The molecule has 0 saturated carbocycles. The molecular weight excluding hydrogens is 149 g/mol. The minimum absolute atomic E-state index is 0.125.